The molecule has 0 spiro atoms. The quantitative estimate of drug-likeness (QED) is 0.0268. The van der Waals surface area contributed by atoms with Crippen molar-refractivity contribution in [2.75, 3.05) is 44.1 Å². The van der Waals surface area contributed by atoms with Gasteiger partial charge in [0.25, 0.3) is 17.1 Å². The summed E-state index contributed by atoms with van der Waals surface area (Å²) in [5.41, 5.74) is 15.7. The molecule has 0 aliphatic carbocycles. The number of phosphoric ester groups is 2. The van der Waals surface area contributed by atoms with Gasteiger partial charge in [0.15, 0.2) is 41.4 Å². The first-order chi connectivity index (χ1) is 35.2. The average Bonchev–Trinajstić information content (AvgIpc) is 4.17. The molecule has 0 aromatic carbocycles. The average molecular weight is 1160 g/mol. The maximum Gasteiger partial charge on any atom is 0.490 e. The Kier molecular flexibility index (Phi) is 15.1. The fourth-order valence-corrected chi connectivity index (χ4v) is 13.3. The van der Waals surface area contributed by atoms with Crippen LogP contribution in [-0.4, -0.2) is 175 Å². The third-order valence-corrected chi connectivity index (χ3v) is 17.4. The van der Waals surface area contributed by atoms with Crippen molar-refractivity contribution in [3.8, 4) is 0 Å². The van der Waals surface area contributed by atoms with E-state index in [2.05, 4.69) is 48.5 Å². The molecule has 3 aliphatic rings. The van der Waals surface area contributed by atoms with Crippen molar-refractivity contribution < 1.29 is 104 Å². The summed E-state index contributed by atoms with van der Waals surface area (Å²) in [5.74, 6) is -0.648. The smallest absolute Gasteiger partial charge is 0.387 e. The van der Waals surface area contributed by atoms with Crippen molar-refractivity contribution in [2.45, 2.75) is 73.6 Å². The van der Waals surface area contributed by atoms with Crippen LogP contribution < -0.4 is 32.9 Å². The van der Waals surface area contributed by atoms with E-state index in [0.717, 1.165) is 28.9 Å². The summed E-state index contributed by atoms with van der Waals surface area (Å²) < 4.78 is 96.5. The fourth-order valence-electron chi connectivity index (χ4n) is 8.29. The highest BCUT2D eigenvalue weighted by Crippen LogP contribution is 2.68. The maximum atomic E-state index is 13.2. The molecule has 16 N–H and O–H groups in total. The zero-order chi connectivity index (χ0) is 54.3. The van der Waals surface area contributed by atoms with Crippen LogP contribution in [-0.2, 0) is 78.2 Å². The summed E-state index contributed by atoms with van der Waals surface area (Å²) in [6.45, 7) is -7.70. The number of nitrogens with one attached hydrogen (secondary N) is 2. The van der Waals surface area contributed by atoms with Crippen LogP contribution in [0.3, 0.4) is 0 Å². The molecule has 3 fully saturated rings. The number of aromatic amines is 2. The highest BCUT2D eigenvalue weighted by molar-refractivity contribution is 8.07. The van der Waals surface area contributed by atoms with Gasteiger partial charge >= 0.3 is 35.8 Å². The molecule has 0 amide bonds. The third-order valence-electron chi connectivity index (χ3n) is 11.6. The minimum Gasteiger partial charge on any atom is -0.387 e. The summed E-state index contributed by atoms with van der Waals surface area (Å²) in [6, 6.07) is 0. The molecule has 3 saturated heterocycles. The number of aliphatic hydroxyl groups excluding tert-OH is 4. The standard InChI is InChI=1S/C32H43N15O23P4S/c1-44-9-47(25-15(44)27(53)43-32(35)41-25)29-19(51)16(48)10(66-29)3-62-71(54,55)69-73(58,59)70-72(56,57)63-5-12-20(21(61-2)30(67-12)45-7-38-13-22(33)36-6-37-23(13)45)68-74(60,75)64-4-11-17(49)18(50)28(65-11)46-8-39-14-24(46)40-31(34)42-26(14)52/h6-12,16-21,28-30,48-51H,3-5H2,1-2H3,(H11-,33,34,35,36,37,40,41,42,43,52,53,54,55,56,57,58,59,60,75)/p+1/t10-,11-,12-,16?,17?,18+,19+,20?,21+,28-,29-,30-,74?/m1/s1. The number of hydrogen-bond acceptors (Lipinski definition) is 29. The number of H-pyrrole nitrogens is 2. The number of aliphatic hydroxyl groups is 4. The largest absolute Gasteiger partial charge is 0.490 e. The number of methoxy groups -OCH3 is 1. The molecule has 0 saturated carbocycles. The Labute approximate surface area is 420 Å². The molecule has 0 radical (unpaired) electrons. The van der Waals surface area contributed by atoms with Crippen molar-refractivity contribution in [1.82, 2.24) is 53.6 Å². The number of ether oxygens (including phenoxy) is 4. The van der Waals surface area contributed by atoms with E-state index in [1.54, 1.807) is 0 Å². The van der Waals surface area contributed by atoms with E-state index in [0.29, 0.717) is 0 Å². The molecule has 0 bridgehead atoms. The molecule has 38 nitrogen and oxygen atoms in total. The van der Waals surface area contributed by atoms with Gasteiger partial charge in [-0.15, -0.1) is 0 Å². The van der Waals surface area contributed by atoms with Gasteiger partial charge in [-0.05, 0) is 11.8 Å². The molecule has 75 heavy (non-hydrogen) atoms. The minimum absolute atomic E-state index is 0.0158. The predicted octanol–water partition coefficient (Wildman–Crippen LogP) is -4.59. The van der Waals surface area contributed by atoms with Crippen LogP contribution in [0.1, 0.15) is 18.7 Å². The second-order valence-corrected chi connectivity index (χ2v) is 23.9. The van der Waals surface area contributed by atoms with Crippen LogP contribution in [0.5, 0.6) is 0 Å². The van der Waals surface area contributed by atoms with Crippen LogP contribution in [0.15, 0.2) is 34.9 Å². The molecule has 9 rings (SSSR count). The van der Waals surface area contributed by atoms with Crippen molar-refractivity contribution in [3.05, 3.63) is 46.0 Å². The predicted molar refractivity (Wildman–Crippen MR) is 246 cm³/mol. The lowest BCUT2D eigenvalue weighted by Crippen LogP contribution is -2.46. The topological polar surface area (TPSA) is 545 Å². The Hall–Kier alpha value is -4.73. The van der Waals surface area contributed by atoms with Crippen LogP contribution in [0.4, 0.5) is 17.7 Å². The number of nitrogens with two attached hydrogens (primary N) is 3. The van der Waals surface area contributed by atoms with Crippen LogP contribution in [0.25, 0.3) is 33.5 Å². The molecule has 9 heterocycles. The lowest BCUT2D eigenvalue weighted by molar-refractivity contribution is -0.745. The Morgan fingerprint density at radius 2 is 1.28 bits per heavy atom. The fraction of sp³-hybridized carbons (Fsp3) is 0.531. The van der Waals surface area contributed by atoms with E-state index >= 15 is 0 Å². The van der Waals surface area contributed by atoms with Gasteiger partial charge in [-0.1, -0.05) is 4.98 Å². The number of aryl methyl sites for hydroxylation is 1. The highest BCUT2D eigenvalue weighted by Gasteiger charge is 2.53. The van der Waals surface area contributed by atoms with Gasteiger partial charge in [-0.25, -0.2) is 38.2 Å². The number of hydrogen-bond donors (Lipinski definition) is 13. The number of rotatable bonds is 19. The first-order valence-electron chi connectivity index (χ1n) is 21.2. The Balaban J connectivity index is 0.862. The zero-order valence-electron chi connectivity index (χ0n) is 38.0. The molecule has 3 aliphatic heterocycles. The second-order valence-electron chi connectivity index (χ2n) is 16.5. The summed E-state index contributed by atoms with van der Waals surface area (Å²) >= 11 is 5.28. The number of nitrogens with zero attached hydrogens (tertiary/aromatic N) is 10. The number of nitrogen functional groups attached to an aromatic ring is 3. The number of aromatic nitrogens is 12. The van der Waals surface area contributed by atoms with Gasteiger partial charge in [0, 0.05) is 7.11 Å². The summed E-state index contributed by atoms with van der Waals surface area (Å²) in [5, 5.41) is 43.3. The maximum absolute atomic E-state index is 13.2. The van der Waals surface area contributed by atoms with E-state index < -0.39 is 135 Å². The number of imidazole rings is 3. The summed E-state index contributed by atoms with van der Waals surface area (Å²) in [6.07, 6.45) is -14.7. The molecular formula is C32H44N15O23P4S+. The second kappa shape index (κ2) is 20.6. The van der Waals surface area contributed by atoms with Gasteiger partial charge < -0.3 is 80.7 Å². The van der Waals surface area contributed by atoms with Crippen LogP contribution in [0, 0.1) is 0 Å². The number of anilines is 3. The highest BCUT2D eigenvalue weighted by atomic mass is 32.5. The van der Waals surface area contributed by atoms with Crippen molar-refractivity contribution in [1.29, 1.82) is 0 Å². The molecular weight excluding hydrogens is 1120 g/mol. The Morgan fingerprint density at radius 3 is 1.96 bits per heavy atom. The van der Waals surface area contributed by atoms with Crippen LogP contribution in [0.2, 0.25) is 0 Å². The molecule has 6 aromatic rings. The summed E-state index contributed by atoms with van der Waals surface area (Å²) in [7, 11) is -15.3. The number of phosphoric acid groups is 3. The van der Waals surface area contributed by atoms with Crippen molar-refractivity contribution in [3.63, 3.8) is 0 Å². The minimum atomic E-state index is -6.17. The summed E-state index contributed by atoms with van der Waals surface area (Å²) in [4.78, 5) is 96.3. The lowest BCUT2D eigenvalue weighted by atomic mass is 10.1. The van der Waals surface area contributed by atoms with Gasteiger partial charge in [0.1, 0.15) is 66.8 Å². The third kappa shape index (κ3) is 11.1. The lowest BCUT2D eigenvalue weighted by Gasteiger charge is -2.28. The molecule has 6 aromatic heterocycles. The normalized spacial score (nSPS) is 30.5. The Morgan fingerprint density at radius 1 is 0.707 bits per heavy atom. The van der Waals surface area contributed by atoms with E-state index in [1.165, 1.54) is 28.8 Å². The van der Waals surface area contributed by atoms with Crippen molar-refractivity contribution in [2.24, 2.45) is 7.05 Å². The van der Waals surface area contributed by atoms with Gasteiger partial charge in [-0.2, -0.15) is 13.6 Å². The van der Waals surface area contributed by atoms with Crippen LogP contribution >= 0.6 is 30.2 Å². The van der Waals surface area contributed by atoms with Crippen molar-refractivity contribution >= 4 is 93.2 Å². The Bertz CT molecular complexity index is 3470. The zero-order valence-corrected chi connectivity index (χ0v) is 42.4. The van der Waals surface area contributed by atoms with E-state index in [4.69, 9.17) is 66.1 Å². The SMILES string of the molecule is CO[C@H]1C(OP(O)(=S)OC[C@H]2O[C@@H](n3cnc4c(=O)[nH]c(N)nc43)[C@@H](O)C2O)[C@@H](COP(=O)(O)OP(=O)(O)OP(=O)(O)OC[C@H]2O[C@@H]([n+]3cn(C)c4c(=O)[nH]c(N)nc43)[C@@H](O)C2O)O[C@H]1n1cnc2c(N)ncnc21. The monoisotopic (exact) mass is 1160 g/mol. The molecule has 16 atom stereocenters. The van der Waals surface area contributed by atoms with E-state index in [1.807, 2.05) is 0 Å². The number of fused-ring (bicyclic) bond motifs is 3. The van der Waals surface area contributed by atoms with Gasteiger partial charge in [-0.3, -0.25) is 46.8 Å². The van der Waals surface area contributed by atoms with E-state index in [9.17, 15) is 63.3 Å². The first-order valence-corrected chi connectivity index (χ1v) is 28.2. The van der Waals surface area contributed by atoms with E-state index in [-0.39, 0.29) is 51.2 Å². The molecule has 410 valence electrons. The molecule has 7 unspecified atom stereocenters. The molecule has 43 heteroatoms. The van der Waals surface area contributed by atoms with Gasteiger partial charge in [0.2, 0.25) is 17.7 Å². The first kappa shape index (κ1) is 55.0. The van der Waals surface area contributed by atoms with Gasteiger partial charge in [0.05, 0.1) is 39.5 Å².